The molecule has 0 aliphatic carbocycles. The van der Waals surface area contributed by atoms with E-state index in [9.17, 15) is 0 Å². The van der Waals surface area contributed by atoms with Crippen LogP contribution >= 0.6 is 0 Å². The van der Waals surface area contributed by atoms with Crippen molar-refractivity contribution >= 4 is 0 Å². The fourth-order valence-electron chi connectivity index (χ4n) is 3.30. The highest BCUT2D eigenvalue weighted by Gasteiger charge is 2.12. The standard InChI is InChI=1S/C20H42/c1-5-8-9-10-11-12-13-14-15-16-17-18-20(7-3)19(4)6-2/h19-20H,5-18H2,1-4H3. The Bertz CT molecular complexity index is 173. The van der Waals surface area contributed by atoms with Crippen molar-refractivity contribution in [3.05, 3.63) is 0 Å². The molecule has 2 atom stereocenters. The summed E-state index contributed by atoms with van der Waals surface area (Å²) in [6.07, 6.45) is 20.3. The summed E-state index contributed by atoms with van der Waals surface area (Å²) < 4.78 is 0. The minimum absolute atomic E-state index is 0.933. The fraction of sp³-hybridized carbons (Fsp3) is 1.00. The molecule has 0 rings (SSSR count). The second-order valence-electron chi connectivity index (χ2n) is 6.88. The first-order valence-electron chi connectivity index (χ1n) is 9.76. The van der Waals surface area contributed by atoms with Gasteiger partial charge >= 0.3 is 0 Å². The predicted molar refractivity (Wildman–Crippen MR) is 94.3 cm³/mol. The summed E-state index contributed by atoms with van der Waals surface area (Å²) in [5.74, 6) is 1.92. The maximum Gasteiger partial charge on any atom is -0.0391 e. The molecule has 0 aromatic carbocycles. The Kier molecular flexibility index (Phi) is 15.4. The third-order valence-corrected chi connectivity index (χ3v) is 5.15. The molecule has 0 nitrogen and oxygen atoms in total. The van der Waals surface area contributed by atoms with Crippen LogP contribution in [0.4, 0.5) is 0 Å². The molecule has 0 radical (unpaired) electrons. The van der Waals surface area contributed by atoms with Crippen molar-refractivity contribution in [2.24, 2.45) is 11.8 Å². The van der Waals surface area contributed by atoms with Gasteiger partial charge in [-0.05, 0) is 11.8 Å². The molecule has 0 aromatic rings. The third kappa shape index (κ3) is 11.8. The molecular formula is C20H42. The van der Waals surface area contributed by atoms with Crippen LogP contribution in [0.15, 0.2) is 0 Å². The summed E-state index contributed by atoms with van der Waals surface area (Å²) in [6, 6.07) is 0. The lowest BCUT2D eigenvalue weighted by Gasteiger charge is -2.21. The molecule has 0 heteroatoms. The summed E-state index contributed by atoms with van der Waals surface area (Å²) in [5, 5.41) is 0. The molecule has 0 saturated heterocycles. The van der Waals surface area contributed by atoms with Crippen LogP contribution in [-0.4, -0.2) is 0 Å². The van der Waals surface area contributed by atoms with Gasteiger partial charge < -0.3 is 0 Å². The SMILES string of the molecule is CCCCCCCCCCCCCC(CC)C(C)CC. The van der Waals surface area contributed by atoms with E-state index < -0.39 is 0 Å². The van der Waals surface area contributed by atoms with Crippen molar-refractivity contribution < 1.29 is 0 Å². The summed E-state index contributed by atoms with van der Waals surface area (Å²) in [7, 11) is 0. The molecule has 0 aliphatic rings. The number of hydrogen-bond donors (Lipinski definition) is 0. The van der Waals surface area contributed by atoms with Crippen molar-refractivity contribution in [1.82, 2.24) is 0 Å². The van der Waals surface area contributed by atoms with Crippen LogP contribution < -0.4 is 0 Å². The molecule has 122 valence electrons. The van der Waals surface area contributed by atoms with Gasteiger partial charge in [0.2, 0.25) is 0 Å². The van der Waals surface area contributed by atoms with Gasteiger partial charge in [-0.1, -0.05) is 118 Å². The highest BCUT2D eigenvalue weighted by molar-refractivity contribution is 4.64. The van der Waals surface area contributed by atoms with Gasteiger partial charge in [0.05, 0.1) is 0 Å². The maximum absolute atomic E-state index is 2.44. The molecule has 0 aromatic heterocycles. The van der Waals surface area contributed by atoms with Gasteiger partial charge in [-0.3, -0.25) is 0 Å². The first kappa shape index (κ1) is 20.0. The monoisotopic (exact) mass is 282 g/mol. The van der Waals surface area contributed by atoms with E-state index in [1.807, 2.05) is 0 Å². The second-order valence-corrected chi connectivity index (χ2v) is 6.88. The van der Waals surface area contributed by atoms with Crippen LogP contribution in [-0.2, 0) is 0 Å². The van der Waals surface area contributed by atoms with Crippen molar-refractivity contribution in [3.63, 3.8) is 0 Å². The summed E-state index contributed by atoms with van der Waals surface area (Å²) in [4.78, 5) is 0. The minimum atomic E-state index is 0.933. The molecule has 20 heavy (non-hydrogen) atoms. The zero-order valence-electron chi connectivity index (χ0n) is 15.1. The van der Waals surface area contributed by atoms with Crippen LogP contribution in [0.25, 0.3) is 0 Å². The van der Waals surface area contributed by atoms with Gasteiger partial charge in [-0.2, -0.15) is 0 Å². The smallest absolute Gasteiger partial charge is 0.0391 e. The van der Waals surface area contributed by atoms with Crippen molar-refractivity contribution in [2.45, 2.75) is 118 Å². The molecule has 0 aliphatic heterocycles. The number of hydrogen-bond acceptors (Lipinski definition) is 0. The Morgan fingerprint density at radius 1 is 0.550 bits per heavy atom. The number of unbranched alkanes of at least 4 members (excludes halogenated alkanes) is 10. The molecule has 0 N–H and O–H groups in total. The average molecular weight is 283 g/mol. The maximum atomic E-state index is 2.44. The Labute approximate surface area is 130 Å². The van der Waals surface area contributed by atoms with Crippen LogP contribution in [0.3, 0.4) is 0 Å². The zero-order valence-corrected chi connectivity index (χ0v) is 15.1. The molecule has 0 amide bonds. The van der Waals surface area contributed by atoms with E-state index in [0.29, 0.717) is 0 Å². The van der Waals surface area contributed by atoms with Gasteiger partial charge in [-0.15, -0.1) is 0 Å². The first-order chi connectivity index (χ1) is 9.76. The van der Waals surface area contributed by atoms with Gasteiger partial charge in [0, 0.05) is 0 Å². The van der Waals surface area contributed by atoms with Crippen molar-refractivity contribution in [1.29, 1.82) is 0 Å². The lowest BCUT2D eigenvalue weighted by Crippen LogP contribution is -2.09. The summed E-state index contributed by atoms with van der Waals surface area (Å²) in [6.45, 7) is 9.44. The highest BCUT2D eigenvalue weighted by atomic mass is 14.2. The quantitative estimate of drug-likeness (QED) is 0.269. The highest BCUT2D eigenvalue weighted by Crippen LogP contribution is 2.25. The first-order valence-corrected chi connectivity index (χ1v) is 9.76. The van der Waals surface area contributed by atoms with Crippen LogP contribution in [0.1, 0.15) is 118 Å². The predicted octanol–water partition coefficient (Wildman–Crippen LogP) is 7.76. The summed E-state index contributed by atoms with van der Waals surface area (Å²) >= 11 is 0. The molecule has 0 saturated carbocycles. The molecule has 0 heterocycles. The topological polar surface area (TPSA) is 0 Å². The zero-order chi connectivity index (χ0) is 15.1. The Morgan fingerprint density at radius 3 is 1.40 bits per heavy atom. The van der Waals surface area contributed by atoms with Crippen LogP contribution in [0, 0.1) is 11.8 Å². The van der Waals surface area contributed by atoms with E-state index in [4.69, 9.17) is 0 Å². The van der Waals surface area contributed by atoms with E-state index in [0.717, 1.165) is 11.8 Å². The Balaban J connectivity index is 3.23. The van der Waals surface area contributed by atoms with E-state index in [-0.39, 0.29) is 0 Å². The van der Waals surface area contributed by atoms with E-state index in [1.165, 1.54) is 89.9 Å². The van der Waals surface area contributed by atoms with Crippen LogP contribution in [0.2, 0.25) is 0 Å². The molecule has 2 unspecified atom stereocenters. The fourth-order valence-corrected chi connectivity index (χ4v) is 3.30. The molecule has 0 spiro atoms. The third-order valence-electron chi connectivity index (χ3n) is 5.15. The molecule has 0 bridgehead atoms. The van der Waals surface area contributed by atoms with Crippen LogP contribution in [0.5, 0.6) is 0 Å². The van der Waals surface area contributed by atoms with Gasteiger partial charge in [0.25, 0.3) is 0 Å². The van der Waals surface area contributed by atoms with Crippen molar-refractivity contribution in [3.8, 4) is 0 Å². The molecule has 0 fully saturated rings. The largest absolute Gasteiger partial charge is 0.0654 e. The van der Waals surface area contributed by atoms with Gasteiger partial charge in [-0.25, -0.2) is 0 Å². The average Bonchev–Trinajstić information content (AvgIpc) is 2.48. The lowest BCUT2D eigenvalue weighted by molar-refractivity contribution is 0.307. The van der Waals surface area contributed by atoms with Gasteiger partial charge in [0.15, 0.2) is 0 Å². The van der Waals surface area contributed by atoms with Crippen molar-refractivity contribution in [2.75, 3.05) is 0 Å². The van der Waals surface area contributed by atoms with E-state index >= 15 is 0 Å². The molecular weight excluding hydrogens is 240 g/mol. The van der Waals surface area contributed by atoms with E-state index in [2.05, 4.69) is 27.7 Å². The summed E-state index contributed by atoms with van der Waals surface area (Å²) in [5.41, 5.74) is 0. The Morgan fingerprint density at radius 2 is 1.00 bits per heavy atom. The second kappa shape index (κ2) is 15.4. The number of rotatable bonds is 15. The normalized spacial score (nSPS) is 14.4. The lowest BCUT2D eigenvalue weighted by atomic mass is 9.85. The Hall–Kier alpha value is 0. The van der Waals surface area contributed by atoms with Gasteiger partial charge in [0.1, 0.15) is 0 Å². The minimum Gasteiger partial charge on any atom is -0.0654 e. The van der Waals surface area contributed by atoms with E-state index in [1.54, 1.807) is 0 Å².